The van der Waals surface area contributed by atoms with Gasteiger partial charge in [-0.3, -0.25) is 0 Å². The van der Waals surface area contributed by atoms with Gasteiger partial charge in [-0.05, 0) is 32.7 Å². The second-order valence-corrected chi connectivity index (χ2v) is 5.70. The first-order valence-corrected chi connectivity index (χ1v) is 7.07. The van der Waals surface area contributed by atoms with E-state index in [0.29, 0.717) is 0 Å². The molecule has 2 N–H and O–H groups in total. The molecule has 0 aromatic rings. The molecule has 17 heavy (non-hydrogen) atoms. The Morgan fingerprint density at radius 2 is 1.76 bits per heavy atom. The summed E-state index contributed by atoms with van der Waals surface area (Å²) in [5.41, 5.74) is 0.00587. The first-order chi connectivity index (χ1) is 8.08. The standard InChI is InChI=1S/C14H29NO2/c1-4-14(5-2,11-16)10-15(3)12-8-6-7-9-13(12)17/h12-13,16-17H,4-11H2,1-3H3. The van der Waals surface area contributed by atoms with Crippen LogP contribution in [0.2, 0.25) is 0 Å². The third kappa shape index (κ3) is 3.67. The molecule has 2 unspecified atom stereocenters. The molecule has 0 spiro atoms. The van der Waals surface area contributed by atoms with Gasteiger partial charge in [0.15, 0.2) is 0 Å². The molecule has 1 aliphatic rings. The highest BCUT2D eigenvalue weighted by atomic mass is 16.3. The van der Waals surface area contributed by atoms with Crippen LogP contribution < -0.4 is 0 Å². The maximum atomic E-state index is 10.1. The summed E-state index contributed by atoms with van der Waals surface area (Å²) >= 11 is 0. The zero-order chi connectivity index (χ0) is 12.9. The van der Waals surface area contributed by atoms with Gasteiger partial charge in [-0.1, -0.05) is 26.7 Å². The summed E-state index contributed by atoms with van der Waals surface area (Å²) in [4.78, 5) is 2.27. The molecular weight excluding hydrogens is 214 g/mol. The summed E-state index contributed by atoms with van der Waals surface area (Å²) in [5.74, 6) is 0. The summed E-state index contributed by atoms with van der Waals surface area (Å²) < 4.78 is 0. The van der Waals surface area contributed by atoms with Crippen molar-refractivity contribution < 1.29 is 10.2 Å². The highest BCUT2D eigenvalue weighted by Crippen LogP contribution is 2.30. The zero-order valence-electron chi connectivity index (χ0n) is 11.7. The highest BCUT2D eigenvalue weighted by Gasteiger charge is 2.32. The van der Waals surface area contributed by atoms with Gasteiger partial charge in [0.1, 0.15) is 0 Å². The van der Waals surface area contributed by atoms with Crippen molar-refractivity contribution in [2.24, 2.45) is 5.41 Å². The average molecular weight is 243 g/mol. The molecule has 0 bridgehead atoms. The number of rotatable bonds is 6. The van der Waals surface area contributed by atoms with E-state index >= 15 is 0 Å². The van der Waals surface area contributed by atoms with Gasteiger partial charge >= 0.3 is 0 Å². The number of aliphatic hydroxyl groups excluding tert-OH is 2. The summed E-state index contributed by atoms with van der Waals surface area (Å²) in [6.45, 7) is 5.42. The number of nitrogens with zero attached hydrogens (tertiary/aromatic N) is 1. The van der Waals surface area contributed by atoms with Gasteiger partial charge in [-0.15, -0.1) is 0 Å². The normalized spacial score (nSPS) is 26.5. The van der Waals surface area contributed by atoms with E-state index in [-0.39, 0.29) is 24.2 Å². The molecule has 1 rings (SSSR count). The van der Waals surface area contributed by atoms with Crippen LogP contribution in [0.1, 0.15) is 52.4 Å². The molecule has 0 aromatic heterocycles. The lowest BCUT2D eigenvalue weighted by molar-refractivity contribution is -0.00387. The van der Waals surface area contributed by atoms with Gasteiger partial charge in [-0.2, -0.15) is 0 Å². The number of aliphatic hydroxyl groups is 2. The first-order valence-electron chi connectivity index (χ1n) is 7.07. The third-order valence-electron chi connectivity index (χ3n) is 4.68. The van der Waals surface area contributed by atoms with E-state index in [2.05, 4.69) is 25.8 Å². The van der Waals surface area contributed by atoms with E-state index in [1.807, 2.05) is 0 Å². The fraction of sp³-hybridized carbons (Fsp3) is 1.00. The molecule has 0 amide bonds. The van der Waals surface area contributed by atoms with Gasteiger partial charge in [0, 0.05) is 24.6 Å². The predicted octanol–water partition coefficient (Wildman–Crippen LogP) is 2.02. The van der Waals surface area contributed by atoms with Crippen molar-refractivity contribution in [3.8, 4) is 0 Å². The lowest BCUT2D eigenvalue weighted by Gasteiger charge is -2.41. The van der Waals surface area contributed by atoms with E-state index in [1.165, 1.54) is 6.42 Å². The summed E-state index contributed by atoms with van der Waals surface area (Å²) in [7, 11) is 2.09. The Morgan fingerprint density at radius 1 is 1.18 bits per heavy atom. The Labute approximate surface area is 106 Å². The van der Waals surface area contributed by atoms with Crippen LogP contribution in [0.5, 0.6) is 0 Å². The Morgan fingerprint density at radius 3 is 2.24 bits per heavy atom. The van der Waals surface area contributed by atoms with Crippen LogP contribution in [0.4, 0.5) is 0 Å². The van der Waals surface area contributed by atoms with Crippen LogP contribution in [0, 0.1) is 5.41 Å². The minimum Gasteiger partial charge on any atom is -0.396 e. The summed E-state index contributed by atoms with van der Waals surface area (Å²) in [5, 5.41) is 19.7. The lowest BCUT2D eigenvalue weighted by atomic mass is 9.81. The number of hydrogen-bond acceptors (Lipinski definition) is 3. The molecule has 2 atom stereocenters. The second-order valence-electron chi connectivity index (χ2n) is 5.70. The van der Waals surface area contributed by atoms with E-state index in [1.54, 1.807) is 0 Å². The monoisotopic (exact) mass is 243 g/mol. The molecule has 1 saturated carbocycles. The first kappa shape index (κ1) is 14.9. The molecule has 0 aliphatic heterocycles. The van der Waals surface area contributed by atoms with Crippen molar-refractivity contribution in [3.63, 3.8) is 0 Å². The van der Waals surface area contributed by atoms with Crippen molar-refractivity contribution >= 4 is 0 Å². The van der Waals surface area contributed by atoms with Crippen LogP contribution in [-0.2, 0) is 0 Å². The molecule has 0 aromatic carbocycles. The molecule has 0 heterocycles. The van der Waals surface area contributed by atoms with E-state index in [0.717, 1.165) is 38.6 Å². The topological polar surface area (TPSA) is 43.7 Å². The molecule has 102 valence electrons. The second kappa shape index (κ2) is 6.72. The zero-order valence-corrected chi connectivity index (χ0v) is 11.7. The molecule has 3 heteroatoms. The van der Waals surface area contributed by atoms with Gasteiger partial charge in [0.25, 0.3) is 0 Å². The number of hydrogen-bond donors (Lipinski definition) is 2. The average Bonchev–Trinajstić information content (AvgIpc) is 2.36. The van der Waals surface area contributed by atoms with Crippen molar-refractivity contribution in [2.45, 2.75) is 64.5 Å². The maximum absolute atomic E-state index is 10.1. The molecule has 1 fully saturated rings. The predicted molar refractivity (Wildman–Crippen MR) is 71.0 cm³/mol. The quantitative estimate of drug-likeness (QED) is 0.750. The van der Waals surface area contributed by atoms with Crippen molar-refractivity contribution in [2.75, 3.05) is 20.2 Å². The SMILES string of the molecule is CCC(CC)(CO)CN(C)C1CCCCC1O. The molecule has 3 nitrogen and oxygen atoms in total. The Hall–Kier alpha value is -0.120. The summed E-state index contributed by atoms with van der Waals surface area (Å²) in [6.07, 6.45) is 6.19. The van der Waals surface area contributed by atoms with Crippen molar-refractivity contribution in [3.05, 3.63) is 0 Å². The van der Waals surface area contributed by atoms with Crippen molar-refractivity contribution in [1.82, 2.24) is 4.90 Å². The Kier molecular flexibility index (Phi) is 5.90. The minimum atomic E-state index is -0.182. The van der Waals surface area contributed by atoms with E-state index in [9.17, 15) is 10.2 Å². The maximum Gasteiger partial charge on any atom is 0.0695 e. The van der Waals surface area contributed by atoms with E-state index < -0.39 is 0 Å². The largest absolute Gasteiger partial charge is 0.396 e. The van der Waals surface area contributed by atoms with Crippen molar-refractivity contribution in [1.29, 1.82) is 0 Å². The number of likely N-dealkylation sites (N-methyl/N-ethyl adjacent to an activating group) is 1. The van der Waals surface area contributed by atoms with Crippen LogP contribution >= 0.6 is 0 Å². The van der Waals surface area contributed by atoms with Crippen LogP contribution in [0.3, 0.4) is 0 Å². The minimum absolute atomic E-state index is 0.00587. The van der Waals surface area contributed by atoms with Gasteiger partial charge in [0.2, 0.25) is 0 Å². The van der Waals surface area contributed by atoms with Crippen LogP contribution in [-0.4, -0.2) is 47.5 Å². The summed E-state index contributed by atoms with van der Waals surface area (Å²) in [6, 6.07) is 0.285. The third-order valence-corrected chi connectivity index (χ3v) is 4.68. The van der Waals surface area contributed by atoms with Gasteiger partial charge in [0.05, 0.1) is 6.10 Å². The van der Waals surface area contributed by atoms with Gasteiger partial charge < -0.3 is 15.1 Å². The van der Waals surface area contributed by atoms with Crippen LogP contribution in [0.15, 0.2) is 0 Å². The molecule has 1 aliphatic carbocycles. The van der Waals surface area contributed by atoms with Gasteiger partial charge in [-0.25, -0.2) is 0 Å². The fourth-order valence-electron chi connectivity index (χ4n) is 3.00. The lowest BCUT2D eigenvalue weighted by Crippen LogP contribution is -2.48. The van der Waals surface area contributed by atoms with Crippen LogP contribution in [0.25, 0.3) is 0 Å². The Balaban J connectivity index is 2.59. The molecule has 0 radical (unpaired) electrons. The highest BCUT2D eigenvalue weighted by molar-refractivity contribution is 4.86. The van der Waals surface area contributed by atoms with E-state index in [4.69, 9.17) is 0 Å². The fourth-order valence-corrected chi connectivity index (χ4v) is 3.00. The molecular formula is C14H29NO2. The Bertz CT molecular complexity index is 208. The smallest absolute Gasteiger partial charge is 0.0695 e. The molecule has 0 saturated heterocycles.